The molecule has 10 heteroatoms. The lowest BCUT2D eigenvalue weighted by molar-refractivity contribution is 0.384. The number of halogens is 2. The summed E-state index contributed by atoms with van der Waals surface area (Å²) in [4.78, 5) is 1.72. The van der Waals surface area contributed by atoms with Crippen LogP contribution >= 0.6 is 43.6 Å². The molecule has 1 aliphatic carbocycles. The van der Waals surface area contributed by atoms with Crippen LogP contribution in [0.1, 0.15) is 109 Å². The molecule has 1 saturated carbocycles. The molecule has 0 amide bonds. The Morgan fingerprint density at radius 1 is 0.741 bits per heavy atom. The first-order chi connectivity index (χ1) is 27.5. The number of anilines is 3. The lowest BCUT2D eigenvalue weighted by atomic mass is 9.73. The van der Waals surface area contributed by atoms with Gasteiger partial charge < -0.3 is 35.5 Å². The monoisotopic (exact) mass is 927 g/mol. The first-order valence-corrected chi connectivity index (χ1v) is 22.4. The summed E-state index contributed by atoms with van der Waals surface area (Å²) in [6.45, 7) is 17.7. The summed E-state index contributed by atoms with van der Waals surface area (Å²) in [5.41, 5.74) is 9.88. The average molecular weight is 930 g/mol. The van der Waals surface area contributed by atoms with E-state index in [1.807, 2.05) is 19.1 Å². The Bertz CT molecular complexity index is 2420. The lowest BCUT2D eigenvalue weighted by Crippen LogP contribution is -2.22. The Kier molecular flexibility index (Phi) is 11.4. The highest BCUT2D eigenvalue weighted by Gasteiger charge is 2.40. The molecule has 1 unspecified atom stereocenters. The van der Waals surface area contributed by atoms with Crippen molar-refractivity contribution in [1.82, 2.24) is 0 Å². The van der Waals surface area contributed by atoms with E-state index in [1.54, 1.807) is 0 Å². The van der Waals surface area contributed by atoms with Crippen molar-refractivity contribution in [3.05, 3.63) is 92.4 Å². The molecule has 5 aromatic carbocycles. The molecule has 7 nitrogen and oxygen atoms in total. The van der Waals surface area contributed by atoms with Crippen molar-refractivity contribution in [2.24, 2.45) is 0 Å². The SMILES string of the molecule is C=C(C)c1ccc(-c2cc(-c3ccc(CC)c(C(C)(CC)CCC)c3)cc(N3c4c(O)c(O)c(Br)c(O)c4Sc4c(O)c(Br)c(O)c(O)c43)c2)cc1C1(C)CCCC1. The first-order valence-electron chi connectivity index (χ1n) is 20.0. The molecule has 1 aliphatic heterocycles. The van der Waals surface area contributed by atoms with Gasteiger partial charge in [-0.25, -0.2) is 0 Å². The maximum absolute atomic E-state index is 11.7. The van der Waals surface area contributed by atoms with Crippen LogP contribution in [0.5, 0.6) is 34.5 Å². The van der Waals surface area contributed by atoms with E-state index >= 15 is 0 Å². The van der Waals surface area contributed by atoms with E-state index in [0.29, 0.717) is 5.69 Å². The fraction of sp³-hybridized carbons (Fsp3) is 0.333. The van der Waals surface area contributed by atoms with E-state index in [-0.39, 0.29) is 52.4 Å². The third kappa shape index (κ3) is 6.82. The zero-order chi connectivity index (χ0) is 42.0. The van der Waals surface area contributed by atoms with Crippen molar-refractivity contribution < 1.29 is 30.6 Å². The Hall–Kier alpha value is -4.25. The van der Waals surface area contributed by atoms with Gasteiger partial charge in [0.25, 0.3) is 0 Å². The highest BCUT2D eigenvalue weighted by atomic mass is 79.9. The number of phenols is 6. The van der Waals surface area contributed by atoms with Gasteiger partial charge in [-0.1, -0.05) is 108 Å². The summed E-state index contributed by atoms with van der Waals surface area (Å²) in [6.07, 6.45) is 8.40. The fourth-order valence-corrected chi connectivity index (χ4v) is 11.4. The second-order valence-electron chi connectivity index (χ2n) is 16.5. The standard InChI is InChI=1S/C48H51Br2NO6S/c1-8-17-47(6,10-3)33-23-27(14-13-26(33)9-2)29-20-30(28-15-16-32(25(4)5)34(24-28)48(7)18-11-12-19-48)22-31(21-29)51-37-43(56)39(52)35(49)41(54)45(37)58-46-38(51)44(57)40(53)36(50)42(46)55/h13-16,20-24,52-57H,4,8-12,17-19H2,1-3,5-7H3. The van der Waals surface area contributed by atoms with Crippen LogP contribution in [0.4, 0.5) is 17.1 Å². The van der Waals surface area contributed by atoms with Gasteiger partial charge in [0.05, 0.1) is 9.79 Å². The number of rotatable bonds is 10. The largest absolute Gasteiger partial charge is 0.505 e. The highest BCUT2D eigenvalue weighted by molar-refractivity contribution is 9.11. The molecular weight excluding hydrogens is 878 g/mol. The van der Waals surface area contributed by atoms with Gasteiger partial charge in [0.15, 0.2) is 23.0 Å². The van der Waals surface area contributed by atoms with Crippen LogP contribution in [0, 0.1) is 0 Å². The maximum Gasteiger partial charge on any atom is 0.184 e. The van der Waals surface area contributed by atoms with E-state index in [2.05, 4.69) is 116 Å². The molecule has 1 fully saturated rings. The second kappa shape index (κ2) is 15.7. The minimum Gasteiger partial charge on any atom is -0.505 e. The minimum atomic E-state index is -0.605. The molecular formula is C48H51Br2NO6S. The van der Waals surface area contributed by atoms with Gasteiger partial charge in [-0.05, 0) is 150 Å². The zero-order valence-corrected chi connectivity index (χ0v) is 37.8. The number of hydrogen-bond acceptors (Lipinski definition) is 8. The summed E-state index contributed by atoms with van der Waals surface area (Å²) >= 11 is 7.32. The molecule has 7 rings (SSSR count). The first kappa shape index (κ1) is 41.9. The molecule has 58 heavy (non-hydrogen) atoms. The van der Waals surface area contributed by atoms with Crippen LogP contribution in [0.25, 0.3) is 27.8 Å². The number of aryl methyl sites for hydroxylation is 1. The predicted octanol–water partition coefficient (Wildman–Crippen LogP) is 14.6. The molecule has 2 aliphatic rings. The predicted molar refractivity (Wildman–Crippen MR) is 244 cm³/mol. The lowest BCUT2D eigenvalue weighted by Gasteiger charge is -2.35. The van der Waals surface area contributed by atoms with Crippen LogP contribution in [-0.2, 0) is 17.3 Å². The zero-order valence-electron chi connectivity index (χ0n) is 33.9. The molecule has 0 radical (unpaired) electrons. The Morgan fingerprint density at radius 2 is 1.28 bits per heavy atom. The normalized spacial score (nSPS) is 15.6. The van der Waals surface area contributed by atoms with E-state index in [1.165, 1.54) is 21.6 Å². The van der Waals surface area contributed by atoms with Crippen molar-refractivity contribution in [2.75, 3.05) is 4.90 Å². The van der Waals surface area contributed by atoms with Gasteiger partial charge in [0.1, 0.15) is 31.8 Å². The number of nitrogens with zero attached hydrogens (tertiary/aromatic N) is 1. The van der Waals surface area contributed by atoms with E-state index in [0.717, 1.165) is 96.5 Å². The smallest absolute Gasteiger partial charge is 0.184 e. The molecule has 304 valence electrons. The highest BCUT2D eigenvalue weighted by Crippen LogP contribution is 2.67. The Balaban J connectivity index is 1.59. The van der Waals surface area contributed by atoms with Gasteiger partial charge in [0, 0.05) is 5.69 Å². The summed E-state index contributed by atoms with van der Waals surface area (Å²) in [7, 11) is 0. The van der Waals surface area contributed by atoms with Gasteiger partial charge >= 0.3 is 0 Å². The van der Waals surface area contributed by atoms with Crippen molar-refractivity contribution in [3.63, 3.8) is 0 Å². The third-order valence-corrected chi connectivity index (χ3v) is 15.3. The van der Waals surface area contributed by atoms with Crippen LogP contribution < -0.4 is 4.90 Å². The third-order valence-electron chi connectivity index (χ3n) is 12.6. The molecule has 1 heterocycles. The van der Waals surface area contributed by atoms with Crippen LogP contribution in [0.2, 0.25) is 0 Å². The number of fused-ring (bicyclic) bond motifs is 2. The van der Waals surface area contributed by atoms with Gasteiger partial charge in [-0.2, -0.15) is 0 Å². The van der Waals surface area contributed by atoms with Crippen LogP contribution in [-0.4, -0.2) is 30.6 Å². The quantitative estimate of drug-likeness (QED) is 0.0593. The van der Waals surface area contributed by atoms with Crippen LogP contribution in [0.15, 0.2) is 79.9 Å². The second-order valence-corrected chi connectivity index (χ2v) is 19.1. The Morgan fingerprint density at radius 3 is 1.78 bits per heavy atom. The van der Waals surface area contributed by atoms with E-state index in [9.17, 15) is 30.6 Å². The number of allylic oxidation sites excluding steroid dienone is 1. The number of aromatic hydroxyl groups is 6. The maximum atomic E-state index is 11.7. The molecule has 5 aromatic rings. The number of phenolic OH excluding ortho intramolecular Hbond substituents is 6. The topological polar surface area (TPSA) is 125 Å². The summed E-state index contributed by atoms with van der Waals surface area (Å²) < 4.78 is -0.258. The van der Waals surface area contributed by atoms with Gasteiger partial charge in [0.2, 0.25) is 0 Å². The van der Waals surface area contributed by atoms with E-state index in [4.69, 9.17) is 0 Å². The summed E-state index contributed by atoms with van der Waals surface area (Å²) in [5, 5.41) is 68.6. The van der Waals surface area contributed by atoms with Gasteiger partial charge in [-0.3, -0.25) is 0 Å². The summed E-state index contributed by atoms with van der Waals surface area (Å²) in [6, 6.07) is 19.2. The fourth-order valence-electron chi connectivity index (χ4n) is 9.15. The number of hydrogen-bond donors (Lipinski definition) is 6. The molecule has 0 saturated heterocycles. The van der Waals surface area contributed by atoms with Gasteiger partial charge in [-0.15, -0.1) is 0 Å². The summed E-state index contributed by atoms with van der Waals surface area (Å²) in [5.74, 6) is -3.09. The van der Waals surface area contributed by atoms with Crippen LogP contribution in [0.3, 0.4) is 0 Å². The molecule has 0 aromatic heterocycles. The van der Waals surface area contributed by atoms with E-state index < -0.39 is 23.0 Å². The molecule has 6 N–H and O–H groups in total. The Labute approximate surface area is 362 Å². The average Bonchev–Trinajstić information content (AvgIpc) is 3.69. The van der Waals surface area contributed by atoms with Crippen molar-refractivity contribution in [1.29, 1.82) is 0 Å². The van der Waals surface area contributed by atoms with Crippen molar-refractivity contribution in [2.45, 2.75) is 114 Å². The van der Waals surface area contributed by atoms with Crippen molar-refractivity contribution in [3.8, 4) is 56.8 Å². The molecule has 1 atom stereocenters. The van der Waals surface area contributed by atoms with Crippen molar-refractivity contribution >= 4 is 66.3 Å². The minimum absolute atomic E-state index is 0.0239. The molecule has 0 spiro atoms. The molecule has 0 bridgehead atoms. The number of benzene rings is 5.